The molecule has 2 heterocycles. The van der Waals surface area contributed by atoms with Crippen LogP contribution in [0.4, 0.5) is 14.5 Å². The van der Waals surface area contributed by atoms with Crippen LogP contribution in [0.2, 0.25) is 0 Å². The standard InChI is InChI=1S/C27H26F2N2O3/c1-27(2,3)34-25(33)13-17(10-16-11-18(28)14-19(29)12-16)26-21(7-5-9-30-26)20-6-4-8-23-22(20)15-24(32)31-23/h4-9,11-12,14,17H,10,13,15H2,1-3H3,(H,31,32)/t17-/m1/s1. The third-order valence-electron chi connectivity index (χ3n) is 5.54. The molecular weight excluding hydrogens is 438 g/mol. The van der Waals surface area contributed by atoms with E-state index in [9.17, 15) is 18.4 Å². The maximum atomic E-state index is 13.9. The Morgan fingerprint density at radius 2 is 1.79 bits per heavy atom. The molecule has 0 spiro atoms. The number of anilines is 1. The zero-order chi connectivity index (χ0) is 24.5. The van der Waals surface area contributed by atoms with Gasteiger partial charge in [-0.15, -0.1) is 0 Å². The maximum Gasteiger partial charge on any atom is 0.306 e. The van der Waals surface area contributed by atoms with Crippen LogP contribution in [0.5, 0.6) is 0 Å². The SMILES string of the molecule is CC(C)(C)OC(=O)C[C@@H](Cc1cc(F)cc(F)c1)c1ncccc1-c1cccc2c1CC(=O)N2. The molecule has 1 aromatic heterocycles. The molecule has 2 aromatic carbocycles. The maximum absolute atomic E-state index is 13.9. The summed E-state index contributed by atoms with van der Waals surface area (Å²) in [4.78, 5) is 29.4. The van der Waals surface area contributed by atoms with Crippen molar-refractivity contribution in [1.29, 1.82) is 0 Å². The van der Waals surface area contributed by atoms with E-state index in [0.717, 1.165) is 28.4 Å². The van der Waals surface area contributed by atoms with Crippen LogP contribution in [0.3, 0.4) is 0 Å². The largest absolute Gasteiger partial charge is 0.460 e. The smallest absolute Gasteiger partial charge is 0.306 e. The molecule has 3 aromatic rings. The van der Waals surface area contributed by atoms with E-state index < -0.39 is 29.1 Å². The fourth-order valence-electron chi connectivity index (χ4n) is 4.34. The summed E-state index contributed by atoms with van der Waals surface area (Å²) in [5, 5.41) is 2.85. The van der Waals surface area contributed by atoms with Crippen molar-refractivity contribution in [3.8, 4) is 11.1 Å². The van der Waals surface area contributed by atoms with Crippen LogP contribution < -0.4 is 5.32 Å². The van der Waals surface area contributed by atoms with Crippen molar-refractivity contribution in [2.24, 2.45) is 0 Å². The number of rotatable bonds is 6. The molecule has 0 fully saturated rings. The van der Waals surface area contributed by atoms with Crippen molar-refractivity contribution in [2.45, 2.75) is 51.6 Å². The van der Waals surface area contributed by atoms with Crippen molar-refractivity contribution < 1.29 is 23.1 Å². The number of halogens is 2. The molecule has 0 saturated carbocycles. The lowest BCUT2D eigenvalue weighted by Crippen LogP contribution is -2.25. The highest BCUT2D eigenvalue weighted by molar-refractivity contribution is 6.02. The summed E-state index contributed by atoms with van der Waals surface area (Å²) in [6, 6.07) is 12.6. The number of aromatic nitrogens is 1. The van der Waals surface area contributed by atoms with Crippen LogP contribution in [0.25, 0.3) is 11.1 Å². The Hall–Kier alpha value is -3.61. The highest BCUT2D eigenvalue weighted by Gasteiger charge is 2.28. The molecule has 5 nitrogen and oxygen atoms in total. The van der Waals surface area contributed by atoms with Gasteiger partial charge < -0.3 is 10.1 Å². The third-order valence-corrected chi connectivity index (χ3v) is 5.54. The van der Waals surface area contributed by atoms with E-state index in [-0.39, 0.29) is 25.2 Å². The van der Waals surface area contributed by atoms with Gasteiger partial charge in [-0.3, -0.25) is 14.6 Å². The number of ether oxygens (including phenoxy) is 1. The van der Waals surface area contributed by atoms with E-state index in [1.807, 2.05) is 24.3 Å². The third kappa shape index (κ3) is 5.47. The van der Waals surface area contributed by atoms with Gasteiger partial charge in [0.25, 0.3) is 0 Å². The highest BCUT2D eigenvalue weighted by Crippen LogP contribution is 2.38. The summed E-state index contributed by atoms with van der Waals surface area (Å²) in [6.45, 7) is 5.35. The number of carbonyl (C=O) groups excluding carboxylic acids is 2. The molecule has 0 saturated heterocycles. The van der Waals surface area contributed by atoms with Gasteiger partial charge in [0.1, 0.15) is 17.2 Å². The summed E-state index contributed by atoms with van der Waals surface area (Å²) in [6.07, 6.45) is 2.03. The van der Waals surface area contributed by atoms with Gasteiger partial charge in [0, 0.05) is 29.4 Å². The predicted molar refractivity (Wildman–Crippen MR) is 125 cm³/mol. The molecular formula is C27H26F2N2O3. The van der Waals surface area contributed by atoms with E-state index in [2.05, 4.69) is 10.3 Å². The van der Waals surface area contributed by atoms with Crippen molar-refractivity contribution >= 4 is 17.6 Å². The molecule has 0 aliphatic carbocycles. The topological polar surface area (TPSA) is 68.3 Å². The zero-order valence-corrected chi connectivity index (χ0v) is 19.3. The Kier molecular flexibility index (Phi) is 6.46. The molecule has 4 rings (SSSR count). The minimum atomic E-state index is -0.683. The number of esters is 1. The molecule has 0 unspecified atom stereocenters. The second-order valence-electron chi connectivity index (χ2n) is 9.46. The van der Waals surface area contributed by atoms with E-state index in [0.29, 0.717) is 11.3 Å². The van der Waals surface area contributed by atoms with Gasteiger partial charge in [0.2, 0.25) is 5.91 Å². The Labute approximate surface area is 197 Å². The molecule has 7 heteroatoms. The van der Waals surface area contributed by atoms with Crippen LogP contribution >= 0.6 is 0 Å². The summed E-state index contributed by atoms with van der Waals surface area (Å²) in [7, 11) is 0. The molecule has 1 aliphatic rings. The Morgan fingerprint density at radius 3 is 2.50 bits per heavy atom. The number of pyridine rings is 1. The van der Waals surface area contributed by atoms with Gasteiger partial charge in [0.05, 0.1) is 18.5 Å². The molecule has 1 amide bonds. The molecule has 0 bridgehead atoms. The monoisotopic (exact) mass is 464 g/mol. The number of benzene rings is 2. The molecule has 176 valence electrons. The lowest BCUT2D eigenvalue weighted by atomic mass is 9.86. The van der Waals surface area contributed by atoms with Crippen molar-refractivity contribution in [3.05, 3.63) is 83.2 Å². The minimum Gasteiger partial charge on any atom is -0.460 e. The van der Waals surface area contributed by atoms with Crippen molar-refractivity contribution in [2.75, 3.05) is 5.32 Å². The van der Waals surface area contributed by atoms with Crippen LogP contribution in [0, 0.1) is 11.6 Å². The van der Waals surface area contributed by atoms with Crippen molar-refractivity contribution in [3.63, 3.8) is 0 Å². The van der Waals surface area contributed by atoms with Crippen LogP contribution in [0.15, 0.2) is 54.7 Å². The van der Waals surface area contributed by atoms with Gasteiger partial charge in [0.15, 0.2) is 0 Å². The van der Waals surface area contributed by atoms with E-state index >= 15 is 0 Å². The van der Waals surface area contributed by atoms with Crippen LogP contribution in [-0.2, 0) is 27.2 Å². The summed E-state index contributed by atoms with van der Waals surface area (Å²) < 4.78 is 33.4. The number of fused-ring (bicyclic) bond motifs is 1. The van der Waals surface area contributed by atoms with Crippen LogP contribution in [-0.4, -0.2) is 22.5 Å². The first-order valence-corrected chi connectivity index (χ1v) is 11.1. The average Bonchev–Trinajstić information content (AvgIpc) is 3.11. The second kappa shape index (κ2) is 9.33. The molecule has 1 aliphatic heterocycles. The van der Waals surface area contributed by atoms with Gasteiger partial charge >= 0.3 is 5.97 Å². The number of nitrogens with zero attached hydrogens (tertiary/aromatic N) is 1. The molecule has 0 radical (unpaired) electrons. The number of hydrogen-bond donors (Lipinski definition) is 1. The second-order valence-corrected chi connectivity index (χ2v) is 9.46. The first-order valence-electron chi connectivity index (χ1n) is 11.1. The lowest BCUT2D eigenvalue weighted by Gasteiger charge is -2.24. The fraction of sp³-hybridized carbons (Fsp3) is 0.296. The number of amides is 1. The quantitative estimate of drug-likeness (QED) is 0.484. The summed E-state index contributed by atoms with van der Waals surface area (Å²) in [5.41, 5.74) is 3.54. The first-order chi connectivity index (χ1) is 16.1. The van der Waals surface area contributed by atoms with Gasteiger partial charge in [-0.1, -0.05) is 18.2 Å². The highest BCUT2D eigenvalue weighted by atomic mass is 19.1. The zero-order valence-electron chi connectivity index (χ0n) is 19.3. The Morgan fingerprint density at radius 1 is 1.09 bits per heavy atom. The number of nitrogens with one attached hydrogen (secondary N) is 1. The Bertz CT molecular complexity index is 1230. The molecule has 1 atom stereocenters. The number of carbonyl (C=O) groups is 2. The normalized spacial score (nSPS) is 13.9. The average molecular weight is 465 g/mol. The fourth-order valence-corrected chi connectivity index (χ4v) is 4.34. The summed E-state index contributed by atoms with van der Waals surface area (Å²) >= 11 is 0. The first kappa shape index (κ1) is 23.5. The van der Waals surface area contributed by atoms with Crippen LogP contribution in [0.1, 0.15) is 49.9 Å². The predicted octanol–water partition coefficient (Wildman–Crippen LogP) is 5.58. The van der Waals surface area contributed by atoms with Gasteiger partial charge in [-0.2, -0.15) is 0 Å². The Balaban J connectivity index is 1.77. The lowest BCUT2D eigenvalue weighted by molar-refractivity contribution is -0.155. The molecule has 1 N–H and O–H groups in total. The number of hydrogen-bond acceptors (Lipinski definition) is 4. The minimum absolute atomic E-state index is 0.0222. The van der Waals surface area contributed by atoms with E-state index in [1.165, 1.54) is 12.1 Å². The summed E-state index contributed by atoms with van der Waals surface area (Å²) in [5.74, 6) is -2.39. The molecule has 34 heavy (non-hydrogen) atoms. The van der Waals surface area contributed by atoms with Gasteiger partial charge in [-0.05, 0) is 68.1 Å². The van der Waals surface area contributed by atoms with E-state index in [4.69, 9.17) is 4.74 Å². The van der Waals surface area contributed by atoms with Crippen molar-refractivity contribution in [1.82, 2.24) is 4.98 Å². The van der Waals surface area contributed by atoms with E-state index in [1.54, 1.807) is 33.0 Å². The van der Waals surface area contributed by atoms with Gasteiger partial charge in [-0.25, -0.2) is 8.78 Å².